The molecule has 2 atom stereocenters. The van der Waals surface area contributed by atoms with E-state index in [1.807, 2.05) is 31.2 Å². The Morgan fingerprint density at radius 3 is 2.00 bits per heavy atom. The van der Waals surface area contributed by atoms with Crippen molar-refractivity contribution in [3.8, 4) is 40.7 Å². The topological polar surface area (TPSA) is 95.9 Å². The van der Waals surface area contributed by atoms with E-state index in [4.69, 9.17) is 28.4 Å². The number of carbonyl (C=O) groups excluding carboxylic acids is 1. The van der Waals surface area contributed by atoms with Crippen molar-refractivity contribution in [2.45, 2.75) is 51.7 Å². The molecule has 1 aliphatic rings. The molecule has 38 heavy (non-hydrogen) atoms. The van der Waals surface area contributed by atoms with Crippen LogP contribution in [0.3, 0.4) is 0 Å². The number of hydroxylamine groups is 2. The van der Waals surface area contributed by atoms with Crippen molar-refractivity contribution in [2.75, 3.05) is 41.6 Å². The molecule has 2 aromatic carbocycles. The van der Waals surface area contributed by atoms with Gasteiger partial charge in [-0.05, 0) is 61.6 Å². The van der Waals surface area contributed by atoms with Gasteiger partial charge in [-0.1, -0.05) is 12.8 Å². The first-order chi connectivity index (χ1) is 18.3. The Hall–Kier alpha value is -3.61. The Labute approximate surface area is 224 Å². The number of rotatable bonds is 12. The zero-order chi connectivity index (χ0) is 27.7. The summed E-state index contributed by atoms with van der Waals surface area (Å²) in [7, 11) is 6.36. The molecular formula is C29H37NO8. The van der Waals surface area contributed by atoms with E-state index < -0.39 is 0 Å². The van der Waals surface area contributed by atoms with Gasteiger partial charge in [0.25, 0.3) is 0 Å². The number of ether oxygens (including phenoxy) is 6. The largest absolute Gasteiger partial charge is 0.493 e. The maximum absolute atomic E-state index is 11.2. The lowest BCUT2D eigenvalue weighted by molar-refractivity contribution is -0.124. The van der Waals surface area contributed by atoms with Gasteiger partial charge in [0.05, 0.1) is 47.3 Å². The average molecular weight is 528 g/mol. The lowest BCUT2D eigenvalue weighted by Crippen LogP contribution is -2.19. The van der Waals surface area contributed by atoms with Crippen LogP contribution >= 0.6 is 0 Å². The Morgan fingerprint density at radius 1 is 0.947 bits per heavy atom. The number of Topliss-reactive ketones (excluding diaryl/α,β-unsaturated/α-hetero) is 1. The number of hydrogen-bond acceptors (Lipinski definition) is 9. The molecule has 0 amide bonds. The number of methoxy groups -OCH3 is 4. The summed E-state index contributed by atoms with van der Waals surface area (Å²) in [5, 5.41) is 10.5. The minimum Gasteiger partial charge on any atom is -0.493 e. The van der Waals surface area contributed by atoms with Crippen LogP contribution in [0.5, 0.6) is 28.7 Å². The highest BCUT2D eigenvalue weighted by Gasteiger charge is 2.31. The average Bonchev–Trinajstić information content (AvgIpc) is 3.41. The highest BCUT2D eigenvalue weighted by atomic mass is 16.5. The molecule has 0 spiro atoms. The van der Waals surface area contributed by atoms with Gasteiger partial charge in [-0.3, -0.25) is 10.0 Å². The van der Waals surface area contributed by atoms with Crippen LogP contribution < -0.4 is 23.7 Å². The van der Waals surface area contributed by atoms with Crippen LogP contribution in [-0.2, 0) is 16.0 Å². The smallest absolute Gasteiger partial charge is 0.203 e. The van der Waals surface area contributed by atoms with E-state index in [2.05, 4.69) is 12.0 Å². The first-order valence-corrected chi connectivity index (χ1v) is 12.6. The molecule has 1 aliphatic heterocycles. The first kappa shape index (κ1) is 29.0. The van der Waals surface area contributed by atoms with Gasteiger partial charge in [-0.2, -0.15) is 0 Å². The summed E-state index contributed by atoms with van der Waals surface area (Å²) in [6.45, 7) is 3.79. The van der Waals surface area contributed by atoms with E-state index in [-0.39, 0.29) is 24.5 Å². The predicted octanol–water partition coefficient (Wildman–Crippen LogP) is 4.89. The molecule has 0 saturated carbocycles. The Balaban J connectivity index is 1.89. The lowest BCUT2D eigenvalue weighted by Gasteiger charge is -2.20. The van der Waals surface area contributed by atoms with Crippen LogP contribution in [0, 0.1) is 12.0 Å². The molecular weight excluding hydrogens is 490 g/mol. The molecule has 2 unspecified atom stereocenters. The van der Waals surface area contributed by atoms with Crippen molar-refractivity contribution in [3.63, 3.8) is 0 Å². The standard InChI is InChI=1S/C29H37NO8/c1-7-13-37-28-20(9-8-12-30(32)18-19(2)31)14-21(15-25(28)33-3)23-10-11-24(38-23)22-16-26(34-4)29(36-6)27(17-22)35-5/h14-17,23-24,32H,7,9-11,13,18H2,1-6H3. The molecule has 1 fully saturated rings. The Kier molecular flexibility index (Phi) is 10.5. The number of nitrogens with zero attached hydrogens (tertiary/aromatic N) is 1. The van der Waals surface area contributed by atoms with E-state index in [0.29, 0.717) is 46.8 Å². The van der Waals surface area contributed by atoms with Gasteiger partial charge in [-0.15, -0.1) is 0 Å². The molecule has 0 radical (unpaired) electrons. The third kappa shape index (κ3) is 7.03. The third-order valence-electron chi connectivity index (χ3n) is 6.13. The molecule has 9 nitrogen and oxygen atoms in total. The summed E-state index contributed by atoms with van der Waals surface area (Å²) >= 11 is 0. The van der Waals surface area contributed by atoms with Gasteiger partial charge in [0.1, 0.15) is 6.54 Å². The lowest BCUT2D eigenvalue weighted by atomic mass is 9.99. The first-order valence-electron chi connectivity index (χ1n) is 12.6. The SMILES string of the molecule is CCCOc1c(CC#CN(O)CC(C)=O)cc(C2CCC(c3cc(OC)c(OC)c(OC)c3)O2)cc1OC. The highest BCUT2D eigenvalue weighted by Crippen LogP contribution is 2.47. The van der Waals surface area contributed by atoms with Gasteiger partial charge in [0.2, 0.25) is 5.75 Å². The fourth-order valence-electron chi connectivity index (χ4n) is 4.41. The fraction of sp³-hybridized carbons (Fsp3) is 0.483. The molecule has 0 aliphatic carbocycles. The molecule has 9 heteroatoms. The van der Waals surface area contributed by atoms with Crippen molar-refractivity contribution < 1.29 is 38.4 Å². The van der Waals surface area contributed by atoms with Crippen molar-refractivity contribution in [1.82, 2.24) is 5.06 Å². The van der Waals surface area contributed by atoms with Crippen molar-refractivity contribution in [2.24, 2.45) is 0 Å². The molecule has 1 saturated heterocycles. The van der Waals surface area contributed by atoms with Crippen LogP contribution in [0.2, 0.25) is 0 Å². The maximum Gasteiger partial charge on any atom is 0.203 e. The van der Waals surface area contributed by atoms with Crippen LogP contribution in [0.25, 0.3) is 0 Å². The van der Waals surface area contributed by atoms with Crippen LogP contribution in [0.15, 0.2) is 24.3 Å². The van der Waals surface area contributed by atoms with Gasteiger partial charge < -0.3 is 28.4 Å². The molecule has 0 aromatic heterocycles. The number of hydrogen-bond donors (Lipinski definition) is 1. The summed E-state index contributed by atoms with van der Waals surface area (Å²) < 4.78 is 34.7. The Morgan fingerprint density at radius 2 is 1.50 bits per heavy atom. The minimum absolute atomic E-state index is 0.159. The van der Waals surface area contributed by atoms with E-state index >= 15 is 0 Å². The molecule has 2 aromatic rings. The van der Waals surface area contributed by atoms with Gasteiger partial charge in [0.15, 0.2) is 28.8 Å². The molecule has 0 bridgehead atoms. The van der Waals surface area contributed by atoms with Gasteiger partial charge in [-0.25, -0.2) is 5.06 Å². The fourth-order valence-corrected chi connectivity index (χ4v) is 4.41. The second-order valence-corrected chi connectivity index (χ2v) is 8.93. The normalized spacial score (nSPS) is 16.3. The zero-order valence-electron chi connectivity index (χ0n) is 23.0. The summed E-state index contributed by atoms with van der Waals surface area (Å²) in [6.07, 6.45) is 2.40. The monoisotopic (exact) mass is 527 g/mol. The minimum atomic E-state index is -0.183. The second-order valence-electron chi connectivity index (χ2n) is 8.93. The summed E-state index contributed by atoms with van der Waals surface area (Å²) in [5.41, 5.74) is 2.70. The molecule has 3 rings (SSSR count). The number of benzene rings is 2. The number of ketones is 1. The second kappa shape index (κ2) is 13.8. The summed E-state index contributed by atoms with van der Waals surface area (Å²) in [6, 6.07) is 10.4. The quantitative estimate of drug-likeness (QED) is 0.235. The van der Waals surface area contributed by atoms with Gasteiger partial charge in [0, 0.05) is 18.0 Å². The zero-order valence-corrected chi connectivity index (χ0v) is 23.0. The van der Waals surface area contributed by atoms with Gasteiger partial charge >= 0.3 is 0 Å². The highest BCUT2D eigenvalue weighted by molar-refractivity contribution is 5.77. The van der Waals surface area contributed by atoms with Crippen molar-refractivity contribution >= 4 is 5.78 Å². The van der Waals surface area contributed by atoms with Crippen molar-refractivity contribution in [3.05, 3.63) is 41.0 Å². The maximum atomic E-state index is 11.2. The molecule has 1 N–H and O–H groups in total. The number of carbonyl (C=O) groups is 1. The predicted molar refractivity (Wildman–Crippen MR) is 141 cm³/mol. The molecule has 1 heterocycles. The summed E-state index contributed by atoms with van der Waals surface area (Å²) in [5.74, 6) is 5.64. The van der Waals surface area contributed by atoms with E-state index in [1.165, 1.54) is 6.92 Å². The van der Waals surface area contributed by atoms with E-state index in [0.717, 1.165) is 36.0 Å². The molecule has 206 valence electrons. The van der Waals surface area contributed by atoms with Crippen LogP contribution in [0.4, 0.5) is 0 Å². The van der Waals surface area contributed by atoms with Crippen LogP contribution in [0.1, 0.15) is 62.0 Å². The summed E-state index contributed by atoms with van der Waals surface area (Å²) in [4.78, 5) is 11.2. The van der Waals surface area contributed by atoms with E-state index in [1.54, 1.807) is 28.4 Å². The van der Waals surface area contributed by atoms with E-state index in [9.17, 15) is 10.0 Å². The van der Waals surface area contributed by atoms with Crippen LogP contribution in [-0.4, -0.2) is 57.6 Å². The van der Waals surface area contributed by atoms with Crippen molar-refractivity contribution in [1.29, 1.82) is 0 Å². The third-order valence-corrected chi connectivity index (χ3v) is 6.13. The Bertz CT molecular complexity index is 1140.